The van der Waals surface area contributed by atoms with Crippen molar-refractivity contribution in [2.75, 3.05) is 33.2 Å². The summed E-state index contributed by atoms with van der Waals surface area (Å²) in [5.74, 6) is 0.834. The molecule has 0 bridgehead atoms. The third-order valence-corrected chi connectivity index (χ3v) is 6.68. The number of likely N-dealkylation sites (tertiary alicyclic amines) is 1. The Hall–Kier alpha value is -1.65. The van der Waals surface area contributed by atoms with E-state index in [0.29, 0.717) is 0 Å². The fraction of sp³-hybridized carbons (Fsp3) is 0.625. The molecular formula is C24H37N3O. The Morgan fingerprint density at radius 2 is 1.86 bits per heavy atom. The van der Waals surface area contributed by atoms with Gasteiger partial charge in [-0.25, -0.2) is 0 Å². The number of nitrogens with one attached hydrogen (secondary N) is 1. The first-order chi connectivity index (χ1) is 13.6. The van der Waals surface area contributed by atoms with Crippen LogP contribution in [0.2, 0.25) is 0 Å². The summed E-state index contributed by atoms with van der Waals surface area (Å²) in [7, 11) is 2.35. The van der Waals surface area contributed by atoms with Crippen molar-refractivity contribution in [1.82, 2.24) is 15.1 Å². The van der Waals surface area contributed by atoms with E-state index in [2.05, 4.69) is 29.1 Å². The molecule has 28 heavy (non-hydrogen) atoms. The smallest absolute Gasteiger partial charge is 0.244 e. The number of carbonyl (C=O) groups is 1. The third-order valence-electron chi connectivity index (χ3n) is 6.68. The van der Waals surface area contributed by atoms with Gasteiger partial charge < -0.3 is 15.1 Å². The van der Waals surface area contributed by atoms with Crippen molar-refractivity contribution in [3.8, 4) is 0 Å². The quantitative estimate of drug-likeness (QED) is 0.728. The predicted molar refractivity (Wildman–Crippen MR) is 117 cm³/mol. The first-order valence-corrected chi connectivity index (χ1v) is 11.1. The van der Waals surface area contributed by atoms with Crippen molar-refractivity contribution in [3.05, 3.63) is 42.0 Å². The Morgan fingerprint density at radius 1 is 1.14 bits per heavy atom. The molecule has 1 saturated heterocycles. The monoisotopic (exact) mass is 383 g/mol. The maximum Gasteiger partial charge on any atom is 0.244 e. The Labute approximate surface area is 171 Å². The van der Waals surface area contributed by atoms with Gasteiger partial charge in [-0.3, -0.25) is 4.79 Å². The topological polar surface area (TPSA) is 35.6 Å². The van der Waals surface area contributed by atoms with Crippen LogP contribution in [0.5, 0.6) is 0 Å². The van der Waals surface area contributed by atoms with Gasteiger partial charge in [0.2, 0.25) is 5.91 Å². The molecule has 1 aliphatic heterocycles. The van der Waals surface area contributed by atoms with Crippen LogP contribution in [0.1, 0.15) is 51.0 Å². The summed E-state index contributed by atoms with van der Waals surface area (Å²) in [4.78, 5) is 17.2. The van der Waals surface area contributed by atoms with Gasteiger partial charge in [0.25, 0.3) is 0 Å². The first-order valence-electron chi connectivity index (χ1n) is 11.1. The lowest BCUT2D eigenvalue weighted by molar-refractivity contribution is -0.116. The van der Waals surface area contributed by atoms with E-state index in [1.165, 1.54) is 38.5 Å². The Balaban J connectivity index is 1.33. The van der Waals surface area contributed by atoms with Gasteiger partial charge in [-0.15, -0.1) is 0 Å². The van der Waals surface area contributed by atoms with Crippen LogP contribution in [-0.4, -0.2) is 61.0 Å². The van der Waals surface area contributed by atoms with Crippen molar-refractivity contribution in [1.29, 1.82) is 0 Å². The molecule has 0 spiro atoms. The molecule has 154 valence electrons. The van der Waals surface area contributed by atoms with Gasteiger partial charge in [0.1, 0.15) is 0 Å². The van der Waals surface area contributed by atoms with Crippen molar-refractivity contribution < 1.29 is 4.79 Å². The lowest BCUT2D eigenvalue weighted by Gasteiger charge is -2.44. The van der Waals surface area contributed by atoms with Crippen molar-refractivity contribution in [2.45, 2.75) is 57.5 Å². The standard InChI is InChI=1S/C24H37N3O/c1-20-8-6-7-11-23(20)26(2)22-14-17-27(18-15-22)19-16-25-24(28)13-12-21-9-4-3-5-10-21/h3-5,9-10,12-13,20,22-23H,6-8,11,14-19H2,1-2H3,(H,25,28)/b13-12+/t20-,23+/m0/s1. The van der Waals surface area contributed by atoms with Crippen LogP contribution in [0.3, 0.4) is 0 Å². The molecule has 1 N–H and O–H groups in total. The fourth-order valence-electron chi connectivity index (χ4n) is 4.85. The number of amides is 1. The van der Waals surface area contributed by atoms with E-state index < -0.39 is 0 Å². The molecule has 0 unspecified atom stereocenters. The maximum atomic E-state index is 12.0. The van der Waals surface area contributed by atoms with Gasteiger partial charge in [0.15, 0.2) is 0 Å². The number of hydrogen-bond acceptors (Lipinski definition) is 3. The molecule has 1 aromatic rings. The lowest BCUT2D eigenvalue weighted by Crippen LogP contribution is -2.50. The summed E-state index contributed by atoms with van der Waals surface area (Å²) < 4.78 is 0. The van der Waals surface area contributed by atoms with Gasteiger partial charge in [0.05, 0.1) is 0 Å². The summed E-state index contributed by atoms with van der Waals surface area (Å²) in [5.41, 5.74) is 1.05. The van der Waals surface area contributed by atoms with Gasteiger partial charge in [-0.2, -0.15) is 0 Å². The van der Waals surface area contributed by atoms with E-state index in [1.807, 2.05) is 36.4 Å². The summed E-state index contributed by atoms with van der Waals surface area (Å²) in [6.45, 7) is 6.39. The molecule has 2 aliphatic rings. The minimum Gasteiger partial charge on any atom is -0.351 e. The second kappa shape index (κ2) is 10.8. The van der Waals surface area contributed by atoms with E-state index in [9.17, 15) is 4.79 Å². The average Bonchev–Trinajstić information content (AvgIpc) is 2.73. The number of carbonyl (C=O) groups excluding carboxylic acids is 1. The molecule has 4 heteroatoms. The molecule has 2 fully saturated rings. The van der Waals surface area contributed by atoms with E-state index in [0.717, 1.165) is 49.7 Å². The van der Waals surface area contributed by atoms with Crippen LogP contribution in [0, 0.1) is 5.92 Å². The number of benzene rings is 1. The lowest BCUT2D eigenvalue weighted by atomic mass is 9.84. The summed E-state index contributed by atoms with van der Waals surface area (Å²) in [5, 5.41) is 3.01. The molecule has 4 nitrogen and oxygen atoms in total. The molecule has 1 aliphatic carbocycles. The second-order valence-corrected chi connectivity index (χ2v) is 8.60. The molecule has 1 heterocycles. The third kappa shape index (κ3) is 6.18. The second-order valence-electron chi connectivity index (χ2n) is 8.60. The minimum atomic E-state index is -0.00948. The molecule has 0 radical (unpaired) electrons. The molecule has 1 aromatic carbocycles. The molecule has 1 saturated carbocycles. The Morgan fingerprint density at radius 3 is 2.57 bits per heavy atom. The van der Waals surface area contributed by atoms with Crippen molar-refractivity contribution in [3.63, 3.8) is 0 Å². The molecule has 0 aromatic heterocycles. The zero-order valence-corrected chi connectivity index (χ0v) is 17.6. The van der Waals surface area contributed by atoms with Crippen LogP contribution in [0.4, 0.5) is 0 Å². The van der Waals surface area contributed by atoms with Crippen molar-refractivity contribution in [2.24, 2.45) is 5.92 Å². The molecule has 1 amide bonds. The van der Waals surface area contributed by atoms with Crippen LogP contribution in [0.25, 0.3) is 6.08 Å². The highest BCUT2D eigenvalue weighted by atomic mass is 16.1. The van der Waals surface area contributed by atoms with E-state index in [-0.39, 0.29) is 5.91 Å². The number of hydrogen-bond donors (Lipinski definition) is 1. The predicted octanol–water partition coefficient (Wildman–Crippen LogP) is 3.79. The number of piperidine rings is 1. The van der Waals surface area contributed by atoms with Crippen molar-refractivity contribution >= 4 is 12.0 Å². The average molecular weight is 384 g/mol. The SMILES string of the molecule is C[C@H]1CCCC[C@H]1N(C)C1CCN(CCNC(=O)/C=C/c2ccccc2)CC1. The molecule has 3 rings (SSSR count). The van der Waals surface area contributed by atoms with Gasteiger partial charge in [-0.1, -0.05) is 50.1 Å². The highest BCUT2D eigenvalue weighted by Crippen LogP contribution is 2.30. The van der Waals surface area contributed by atoms with Crippen LogP contribution >= 0.6 is 0 Å². The van der Waals surface area contributed by atoms with Gasteiger partial charge in [-0.05, 0) is 63.4 Å². The molecule has 2 atom stereocenters. The zero-order valence-electron chi connectivity index (χ0n) is 17.6. The Bertz CT molecular complexity index is 622. The van der Waals surface area contributed by atoms with Gasteiger partial charge >= 0.3 is 0 Å². The van der Waals surface area contributed by atoms with Crippen LogP contribution in [-0.2, 0) is 4.79 Å². The fourth-order valence-corrected chi connectivity index (χ4v) is 4.85. The van der Waals surface area contributed by atoms with Crippen LogP contribution < -0.4 is 5.32 Å². The minimum absolute atomic E-state index is 0.00948. The Kier molecular flexibility index (Phi) is 8.11. The zero-order chi connectivity index (χ0) is 19.8. The maximum absolute atomic E-state index is 12.0. The number of nitrogens with zero attached hydrogens (tertiary/aromatic N) is 2. The normalized spacial score (nSPS) is 24.7. The first kappa shape index (κ1) is 21.1. The highest BCUT2D eigenvalue weighted by Gasteiger charge is 2.31. The van der Waals surface area contributed by atoms with Crippen LogP contribution in [0.15, 0.2) is 36.4 Å². The number of rotatable bonds is 7. The highest BCUT2D eigenvalue weighted by molar-refractivity contribution is 5.91. The summed E-state index contributed by atoms with van der Waals surface area (Å²) in [6.07, 6.45) is 11.6. The summed E-state index contributed by atoms with van der Waals surface area (Å²) >= 11 is 0. The summed E-state index contributed by atoms with van der Waals surface area (Å²) in [6, 6.07) is 11.4. The van der Waals surface area contributed by atoms with E-state index >= 15 is 0 Å². The van der Waals surface area contributed by atoms with Gasteiger partial charge in [0, 0.05) is 31.2 Å². The van der Waals surface area contributed by atoms with E-state index in [4.69, 9.17) is 0 Å². The van der Waals surface area contributed by atoms with E-state index in [1.54, 1.807) is 6.08 Å². The molecular weight excluding hydrogens is 346 g/mol. The largest absolute Gasteiger partial charge is 0.351 e.